The molecule has 0 aromatic carbocycles. The standard InChI is InChI=1S/C13H26N2O4/c1-7(6-9(3)14)5-8(2)13(18)19-10(4)11(15)12(16)17/h7-11H,5-6,14-15H2,1-4H3,(H,16,17). The van der Waals surface area contributed by atoms with Crippen LogP contribution in [0.15, 0.2) is 0 Å². The normalized spacial score (nSPS) is 19.1. The van der Waals surface area contributed by atoms with E-state index in [4.69, 9.17) is 21.3 Å². The number of carboxylic acid groups (broad SMARTS) is 1. The van der Waals surface area contributed by atoms with Gasteiger partial charge in [0, 0.05) is 6.04 Å². The topological polar surface area (TPSA) is 116 Å². The molecule has 6 nitrogen and oxygen atoms in total. The lowest BCUT2D eigenvalue weighted by Gasteiger charge is -2.21. The number of carbonyl (C=O) groups is 2. The third kappa shape index (κ3) is 7.12. The van der Waals surface area contributed by atoms with E-state index in [9.17, 15) is 9.59 Å². The summed E-state index contributed by atoms with van der Waals surface area (Å²) < 4.78 is 5.07. The summed E-state index contributed by atoms with van der Waals surface area (Å²) in [6.07, 6.45) is 0.660. The Bertz CT molecular complexity index is 307. The number of nitrogens with two attached hydrogens (primary N) is 2. The fourth-order valence-corrected chi connectivity index (χ4v) is 2.00. The number of aliphatic carboxylic acids is 1. The van der Waals surface area contributed by atoms with Gasteiger partial charge in [-0.05, 0) is 32.6 Å². The van der Waals surface area contributed by atoms with Crippen LogP contribution in [-0.2, 0) is 14.3 Å². The third-order valence-electron chi connectivity index (χ3n) is 3.03. The molecule has 0 aromatic rings. The molecule has 0 saturated heterocycles. The maximum Gasteiger partial charge on any atom is 0.324 e. The first kappa shape index (κ1) is 17.9. The Morgan fingerprint density at radius 1 is 1.11 bits per heavy atom. The van der Waals surface area contributed by atoms with Crippen molar-refractivity contribution in [1.29, 1.82) is 0 Å². The number of carboxylic acids is 1. The van der Waals surface area contributed by atoms with Crippen molar-refractivity contribution in [2.45, 2.75) is 58.7 Å². The first-order chi connectivity index (χ1) is 8.65. The van der Waals surface area contributed by atoms with Crippen LogP contribution < -0.4 is 11.5 Å². The van der Waals surface area contributed by atoms with Gasteiger partial charge in [0.05, 0.1) is 5.92 Å². The van der Waals surface area contributed by atoms with Gasteiger partial charge in [-0.25, -0.2) is 0 Å². The molecule has 5 atom stereocenters. The van der Waals surface area contributed by atoms with Crippen LogP contribution in [0.3, 0.4) is 0 Å². The quantitative estimate of drug-likeness (QED) is 0.562. The van der Waals surface area contributed by atoms with Crippen molar-refractivity contribution in [3.05, 3.63) is 0 Å². The largest absolute Gasteiger partial charge is 0.480 e. The molecule has 0 amide bonds. The highest BCUT2D eigenvalue weighted by molar-refractivity contribution is 5.76. The number of ether oxygens (including phenoxy) is 1. The van der Waals surface area contributed by atoms with E-state index in [-0.39, 0.29) is 12.0 Å². The zero-order chi connectivity index (χ0) is 15.2. The fraction of sp³-hybridized carbons (Fsp3) is 0.846. The lowest BCUT2D eigenvalue weighted by Crippen LogP contribution is -2.43. The lowest BCUT2D eigenvalue weighted by molar-refractivity contribution is -0.157. The van der Waals surface area contributed by atoms with E-state index in [1.54, 1.807) is 6.92 Å². The summed E-state index contributed by atoms with van der Waals surface area (Å²) in [5, 5.41) is 8.72. The predicted octanol–water partition coefficient (Wildman–Crippen LogP) is 0.730. The summed E-state index contributed by atoms with van der Waals surface area (Å²) in [4.78, 5) is 22.5. The van der Waals surface area contributed by atoms with Gasteiger partial charge in [-0.2, -0.15) is 0 Å². The Balaban J connectivity index is 4.23. The molecular formula is C13H26N2O4. The molecular weight excluding hydrogens is 248 g/mol. The first-order valence-electron chi connectivity index (χ1n) is 6.59. The summed E-state index contributed by atoms with van der Waals surface area (Å²) in [5.41, 5.74) is 11.1. The van der Waals surface area contributed by atoms with Crippen LogP contribution in [0.25, 0.3) is 0 Å². The second-order valence-corrected chi connectivity index (χ2v) is 5.46. The van der Waals surface area contributed by atoms with Crippen molar-refractivity contribution >= 4 is 11.9 Å². The first-order valence-corrected chi connectivity index (χ1v) is 6.59. The van der Waals surface area contributed by atoms with Gasteiger partial charge in [0.2, 0.25) is 0 Å². The van der Waals surface area contributed by atoms with E-state index >= 15 is 0 Å². The molecule has 0 aliphatic heterocycles. The average Bonchev–Trinajstić information content (AvgIpc) is 2.25. The summed E-state index contributed by atoms with van der Waals surface area (Å²) in [6.45, 7) is 7.20. The summed E-state index contributed by atoms with van der Waals surface area (Å²) in [5.74, 6) is -1.58. The Kier molecular flexibility index (Phi) is 7.63. The lowest BCUT2D eigenvalue weighted by atomic mass is 9.92. The van der Waals surface area contributed by atoms with Crippen LogP contribution in [0.1, 0.15) is 40.5 Å². The van der Waals surface area contributed by atoms with Crippen LogP contribution in [0.5, 0.6) is 0 Å². The average molecular weight is 274 g/mol. The molecule has 5 unspecified atom stereocenters. The number of hydrogen-bond donors (Lipinski definition) is 3. The van der Waals surface area contributed by atoms with E-state index in [1.807, 2.05) is 13.8 Å². The highest BCUT2D eigenvalue weighted by Crippen LogP contribution is 2.18. The van der Waals surface area contributed by atoms with Crippen LogP contribution in [0.2, 0.25) is 0 Å². The molecule has 0 fully saturated rings. The molecule has 0 heterocycles. The van der Waals surface area contributed by atoms with Crippen molar-refractivity contribution in [1.82, 2.24) is 0 Å². The Morgan fingerprint density at radius 2 is 1.63 bits per heavy atom. The fourth-order valence-electron chi connectivity index (χ4n) is 2.00. The molecule has 0 aliphatic rings. The molecule has 0 spiro atoms. The van der Waals surface area contributed by atoms with Gasteiger partial charge in [0.25, 0.3) is 0 Å². The molecule has 0 saturated carbocycles. The molecule has 0 radical (unpaired) electrons. The Labute approximate surface area is 114 Å². The van der Waals surface area contributed by atoms with Gasteiger partial charge >= 0.3 is 11.9 Å². The molecule has 5 N–H and O–H groups in total. The third-order valence-corrected chi connectivity index (χ3v) is 3.03. The summed E-state index contributed by atoms with van der Waals surface area (Å²) >= 11 is 0. The van der Waals surface area contributed by atoms with Crippen LogP contribution in [0, 0.1) is 11.8 Å². The summed E-state index contributed by atoms with van der Waals surface area (Å²) in [6, 6.07) is -1.10. The summed E-state index contributed by atoms with van der Waals surface area (Å²) in [7, 11) is 0. The van der Waals surface area contributed by atoms with Crippen molar-refractivity contribution in [3.8, 4) is 0 Å². The zero-order valence-corrected chi connectivity index (χ0v) is 12.1. The maximum absolute atomic E-state index is 11.8. The van der Waals surface area contributed by atoms with Gasteiger partial charge in [-0.15, -0.1) is 0 Å². The van der Waals surface area contributed by atoms with Crippen molar-refractivity contribution in [2.75, 3.05) is 0 Å². The zero-order valence-electron chi connectivity index (χ0n) is 12.1. The van der Waals surface area contributed by atoms with Gasteiger partial charge in [-0.1, -0.05) is 13.8 Å². The smallest absolute Gasteiger partial charge is 0.324 e. The van der Waals surface area contributed by atoms with Crippen molar-refractivity contribution < 1.29 is 19.4 Å². The maximum atomic E-state index is 11.8. The number of esters is 1. The predicted molar refractivity (Wildman–Crippen MR) is 72.4 cm³/mol. The van der Waals surface area contributed by atoms with E-state index in [1.165, 1.54) is 6.92 Å². The monoisotopic (exact) mass is 274 g/mol. The van der Waals surface area contributed by atoms with Crippen molar-refractivity contribution in [3.63, 3.8) is 0 Å². The number of rotatable bonds is 8. The second kappa shape index (κ2) is 8.12. The minimum Gasteiger partial charge on any atom is -0.480 e. The minimum absolute atomic E-state index is 0.0950. The Hall–Kier alpha value is -1.14. The van der Waals surface area contributed by atoms with Gasteiger partial charge in [0.1, 0.15) is 12.1 Å². The molecule has 0 aliphatic carbocycles. The van der Waals surface area contributed by atoms with Crippen LogP contribution >= 0.6 is 0 Å². The van der Waals surface area contributed by atoms with Crippen LogP contribution in [-0.4, -0.2) is 35.2 Å². The Morgan fingerprint density at radius 3 is 2.05 bits per heavy atom. The van der Waals surface area contributed by atoms with Crippen LogP contribution in [0.4, 0.5) is 0 Å². The molecule has 0 aromatic heterocycles. The number of carbonyl (C=O) groups excluding carboxylic acids is 1. The van der Waals surface area contributed by atoms with Gasteiger partial charge in [0.15, 0.2) is 0 Å². The van der Waals surface area contributed by atoms with Gasteiger partial charge < -0.3 is 21.3 Å². The molecule has 6 heteroatoms. The van der Waals surface area contributed by atoms with Gasteiger partial charge in [-0.3, -0.25) is 9.59 Å². The second-order valence-electron chi connectivity index (χ2n) is 5.46. The highest BCUT2D eigenvalue weighted by atomic mass is 16.5. The molecule has 112 valence electrons. The van der Waals surface area contributed by atoms with E-state index in [2.05, 4.69) is 0 Å². The molecule has 19 heavy (non-hydrogen) atoms. The van der Waals surface area contributed by atoms with E-state index in [0.717, 1.165) is 6.42 Å². The minimum atomic E-state index is -1.20. The molecule has 0 rings (SSSR count). The number of hydrogen-bond acceptors (Lipinski definition) is 5. The van der Waals surface area contributed by atoms with E-state index in [0.29, 0.717) is 12.3 Å². The van der Waals surface area contributed by atoms with Crippen molar-refractivity contribution in [2.24, 2.45) is 23.3 Å². The highest BCUT2D eigenvalue weighted by Gasteiger charge is 2.26. The van der Waals surface area contributed by atoms with E-state index < -0.39 is 24.1 Å². The SMILES string of the molecule is CC(N)CC(C)CC(C)C(=O)OC(C)C(N)C(=O)O. The molecule has 0 bridgehead atoms.